The standard InChI is InChI=1S/C18H26O4/c1-13(2)21-16-8-6-7-14(12-16)11-15(19)9-10-17(20)22-18(3,4)5/h6-8,12-13H,9-11H2,1-5H3. The summed E-state index contributed by atoms with van der Waals surface area (Å²) in [6.07, 6.45) is 0.721. The van der Waals surface area contributed by atoms with E-state index in [9.17, 15) is 9.59 Å². The molecule has 0 aromatic heterocycles. The zero-order chi connectivity index (χ0) is 16.8. The van der Waals surface area contributed by atoms with Crippen LogP contribution in [0.2, 0.25) is 0 Å². The van der Waals surface area contributed by atoms with E-state index in [1.165, 1.54) is 0 Å². The highest BCUT2D eigenvalue weighted by Crippen LogP contribution is 2.16. The van der Waals surface area contributed by atoms with Gasteiger partial charge in [0.05, 0.1) is 12.5 Å². The maximum absolute atomic E-state index is 12.0. The van der Waals surface area contributed by atoms with Crippen LogP contribution in [0.5, 0.6) is 5.75 Å². The molecule has 0 unspecified atom stereocenters. The summed E-state index contributed by atoms with van der Waals surface area (Å²) in [7, 11) is 0. The molecule has 22 heavy (non-hydrogen) atoms. The maximum Gasteiger partial charge on any atom is 0.306 e. The van der Waals surface area contributed by atoms with Crippen LogP contribution >= 0.6 is 0 Å². The highest BCUT2D eigenvalue weighted by molar-refractivity contribution is 5.84. The molecule has 0 spiro atoms. The number of esters is 1. The number of ether oxygens (including phenoxy) is 2. The van der Waals surface area contributed by atoms with Gasteiger partial charge < -0.3 is 9.47 Å². The molecule has 0 saturated carbocycles. The van der Waals surface area contributed by atoms with Crippen LogP contribution < -0.4 is 4.74 Å². The van der Waals surface area contributed by atoms with Crippen molar-refractivity contribution in [2.24, 2.45) is 0 Å². The summed E-state index contributed by atoms with van der Waals surface area (Å²) in [4.78, 5) is 23.6. The Bertz CT molecular complexity index is 512. The Morgan fingerprint density at radius 1 is 1.14 bits per heavy atom. The molecule has 0 aliphatic rings. The second-order valence-electron chi connectivity index (χ2n) is 6.62. The van der Waals surface area contributed by atoms with Gasteiger partial charge in [-0.3, -0.25) is 9.59 Å². The zero-order valence-electron chi connectivity index (χ0n) is 14.1. The lowest BCUT2D eigenvalue weighted by molar-refractivity contribution is -0.155. The van der Waals surface area contributed by atoms with Gasteiger partial charge in [-0.2, -0.15) is 0 Å². The molecule has 0 radical (unpaired) electrons. The van der Waals surface area contributed by atoms with E-state index >= 15 is 0 Å². The monoisotopic (exact) mass is 306 g/mol. The van der Waals surface area contributed by atoms with Crippen LogP contribution in [0.15, 0.2) is 24.3 Å². The number of carbonyl (C=O) groups excluding carboxylic acids is 2. The Hall–Kier alpha value is -1.84. The average Bonchev–Trinajstić information content (AvgIpc) is 2.34. The number of rotatable bonds is 7. The van der Waals surface area contributed by atoms with Gasteiger partial charge >= 0.3 is 5.97 Å². The Morgan fingerprint density at radius 2 is 1.82 bits per heavy atom. The molecule has 122 valence electrons. The number of hydrogen-bond acceptors (Lipinski definition) is 4. The number of benzene rings is 1. The fraction of sp³-hybridized carbons (Fsp3) is 0.556. The SMILES string of the molecule is CC(C)Oc1cccc(CC(=O)CCC(=O)OC(C)(C)C)c1. The molecule has 0 aliphatic heterocycles. The largest absolute Gasteiger partial charge is 0.491 e. The number of ketones is 1. The van der Waals surface area contributed by atoms with Crippen LogP contribution in [-0.2, 0) is 20.7 Å². The first-order valence-electron chi connectivity index (χ1n) is 7.65. The Balaban J connectivity index is 2.47. The molecule has 1 rings (SSSR count). The Morgan fingerprint density at radius 3 is 2.41 bits per heavy atom. The first kappa shape index (κ1) is 18.2. The molecule has 0 fully saturated rings. The lowest BCUT2D eigenvalue weighted by atomic mass is 10.1. The predicted molar refractivity (Wildman–Crippen MR) is 86.0 cm³/mol. The van der Waals surface area contributed by atoms with Crippen LogP contribution in [0.1, 0.15) is 53.0 Å². The second kappa shape index (κ2) is 7.97. The molecule has 0 heterocycles. The van der Waals surface area contributed by atoms with E-state index in [2.05, 4.69) is 0 Å². The van der Waals surface area contributed by atoms with Gasteiger partial charge in [-0.1, -0.05) is 12.1 Å². The summed E-state index contributed by atoms with van der Waals surface area (Å²) >= 11 is 0. The van der Waals surface area contributed by atoms with Crippen molar-refractivity contribution in [3.05, 3.63) is 29.8 Å². The fourth-order valence-electron chi connectivity index (χ4n) is 1.95. The van der Waals surface area contributed by atoms with E-state index in [1.54, 1.807) is 0 Å². The number of carbonyl (C=O) groups is 2. The fourth-order valence-corrected chi connectivity index (χ4v) is 1.95. The van der Waals surface area contributed by atoms with E-state index in [4.69, 9.17) is 9.47 Å². The summed E-state index contributed by atoms with van der Waals surface area (Å²) in [5.41, 5.74) is 0.384. The molecule has 4 heteroatoms. The topological polar surface area (TPSA) is 52.6 Å². The minimum Gasteiger partial charge on any atom is -0.491 e. The van der Waals surface area contributed by atoms with Crippen LogP contribution in [0, 0.1) is 0 Å². The molecule has 0 bridgehead atoms. The van der Waals surface area contributed by atoms with Gasteiger partial charge in [0.2, 0.25) is 0 Å². The molecule has 1 aromatic carbocycles. The van der Waals surface area contributed by atoms with Crippen molar-refractivity contribution in [2.45, 2.75) is 65.6 Å². The van der Waals surface area contributed by atoms with E-state index in [0.29, 0.717) is 6.42 Å². The predicted octanol–water partition coefficient (Wildman–Crippen LogP) is 3.71. The number of Topliss-reactive ketones (excluding diaryl/α,β-unsaturated/α-hetero) is 1. The molecule has 1 aromatic rings. The zero-order valence-corrected chi connectivity index (χ0v) is 14.1. The van der Waals surface area contributed by atoms with Gasteiger partial charge in [-0.15, -0.1) is 0 Å². The van der Waals surface area contributed by atoms with E-state index < -0.39 is 5.60 Å². The van der Waals surface area contributed by atoms with E-state index in [1.807, 2.05) is 58.9 Å². The highest BCUT2D eigenvalue weighted by Gasteiger charge is 2.17. The molecule has 0 atom stereocenters. The third-order valence-electron chi connectivity index (χ3n) is 2.70. The summed E-state index contributed by atoms with van der Waals surface area (Å²) < 4.78 is 10.8. The summed E-state index contributed by atoms with van der Waals surface area (Å²) in [5, 5.41) is 0. The van der Waals surface area contributed by atoms with Gasteiger partial charge in [-0.05, 0) is 52.3 Å². The highest BCUT2D eigenvalue weighted by atomic mass is 16.6. The molecule has 0 aliphatic carbocycles. The first-order valence-corrected chi connectivity index (χ1v) is 7.65. The van der Waals surface area contributed by atoms with Crippen LogP contribution in [-0.4, -0.2) is 23.5 Å². The third-order valence-corrected chi connectivity index (χ3v) is 2.70. The second-order valence-corrected chi connectivity index (χ2v) is 6.62. The summed E-state index contributed by atoms with van der Waals surface area (Å²) in [5.74, 6) is 0.442. The van der Waals surface area contributed by atoms with Gasteiger partial charge in [0.1, 0.15) is 17.1 Å². The lowest BCUT2D eigenvalue weighted by Gasteiger charge is -2.19. The van der Waals surface area contributed by atoms with Crippen LogP contribution in [0.25, 0.3) is 0 Å². The van der Waals surface area contributed by atoms with Crippen molar-refractivity contribution in [1.82, 2.24) is 0 Å². The minimum absolute atomic E-state index is 0.0209. The Labute approximate surface area is 132 Å². The maximum atomic E-state index is 12.0. The molecular formula is C18H26O4. The summed E-state index contributed by atoms with van der Waals surface area (Å²) in [6.45, 7) is 9.35. The average molecular weight is 306 g/mol. The molecule has 4 nitrogen and oxygen atoms in total. The lowest BCUT2D eigenvalue weighted by Crippen LogP contribution is -2.24. The van der Waals surface area contributed by atoms with Crippen molar-refractivity contribution in [3.63, 3.8) is 0 Å². The van der Waals surface area contributed by atoms with Gasteiger partial charge in [0.15, 0.2) is 0 Å². The Kier molecular flexibility index (Phi) is 6.60. The van der Waals surface area contributed by atoms with Gasteiger partial charge in [0, 0.05) is 12.8 Å². The first-order chi connectivity index (χ1) is 10.2. The van der Waals surface area contributed by atoms with Gasteiger partial charge in [-0.25, -0.2) is 0 Å². The van der Waals surface area contributed by atoms with E-state index in [-0.39, 0.29) is 30.7 Å². The van der Waals surface area contributed by atoms with Crippen molar-refractivity contribution in [2.75, 3.05) is 0 Å². The molecule has 0 N–H and O–H groups in total. The van der Waals surface area contributed by atoms with Crippen molar-refractivity contribution >= 4 is 11.8 Å². The van der Waals surface area contributed by atoms with Crippen LogP contribution in [0.3, 0.4) is 0 Å². The van der Waals surface area contributed by atoms with Gasteiger partial charge in [0.25, 0.3) is 0 Å². The summed E-state index contributed by atoms with van der Waals surface area (Å²) in [6, 6.07) is 7.49. The van der Waals surface area contributed by atoms with Crippen molar-refractivity contribution in [1.29, 1.82) is 0 Å². The minimum atomic E-state index is -0.511. The van der Waals surface area contributed by atoms with Crippen molar-refractivity contribution < 1.29 is 19.1 Å². The number of hydrogen-bond donors (Lipinski definition) is 0. The quantitative estimate of drug-likeness (QED) is 0.721. The third kappa shape index (κ3) is 7.81. The van der Waals surface area contributed by atoms with Crippen LogP contribution in [0.4, 0.5) is 0 Å². The molecule has 0 amide bonds. The normalized spacial score (nSPS) is 11.4. The molecule has 0 saturated heterocycles. The van der Waals surface area contributed by atoms with Crippen molar-refractivity contribution in [3.8, 4) is 5.75 Å². The smallest absolute Gasteiger partial charge is 0.306 e. The molecular weight excluding hydrogens is 280 g/mol. The van der Waals surface area contributed by atoms with E-state index in [0.717, 1.165) is 11.3 Å².